The Morgan fingerprint density at radius 2 is 2.05 bits per heavy atom. The van der Waals surface area contributed by atoms with Crippen molar-refractivity contribution in [1.82, 2.24) is 9.78 Å². The molecular formula is C14H17BrN4O. The van der Waals surface area contributed by atoms with Crippen LogP contribution in [0.3, 0.4) is 0 Å². The number of aryl methyl sites for hydroxylation is 2. The second kappa shape index (κ2) is 6.09. The lowest BCUT2D eigenvalue weighted by Gasteiger charge is -2.09. The van der Waals surface area contributed by atoms with E-state index in [2.05, 4.69) is 33.3 Å². The topological polar surface area (TPSA) is 72.9 Å². The van der Waals surface area contributed by atoms with E-state index in [-0.39, 0.29) is 0 Å². The Labute approximate surface area is 126 Å². The van der Waals surface area contributed by atoms with Crippen LogP contribution in [0.25, 0.3) is 0 Å². The number of nitrogens with one attached hydrogen (secondary N) is 1. The van der Waals surface area contributed by atoms with E-state index in [1.54, 1.807) is 12.1 Å². The summed E-state index contributed by atoms with van der Waals surface area (Å²) in [5, 5.41) is 7.76. The van der Waals surface area contributed by atoms with Gasteiger partial charge in [-0.3, -0.25) is 9.48 Å². The zero-order valence-electron chi connectivity index (χ0n) is 11.5. The molecule has 0 fully saturated rings. The van der Waals surface area contributed by atoms with Crippen molar-refractivity contribution in [1.29, 1.82) is 0 Å². The zero-order valence-corrected chi connectivity index (χ0v) is 13.1. The molecule has 5 nitrogen and oxygen atoms in total. The van der Waals surface area contributed by atoms with Crippen LogP contribution in [0.15, 0.2) is 28.7 Å². The second-order valence-corrected chi connectivity index (χ2v) is 5.25. The van der Waals surface area contributed by atoms with E-state index < -0.39 is 5.91 Å². The number of hydrogen-bond acceptors (Lipinski definition) is 3. The average molecular weight is 337 g/mol. The summed E-state index contributed by atoms with van der Waals surface area (Å²) < 4.78 is 2.99. The highest BCUT2D eigenvalue weighted by Crippen LogP contribution is 2.22. The monoisotopic (exact) mass is 336 g/mol. The Kier molecular flexibility index (Phi) is 4.44. The van der Waals surface area contributed by atoms with Gasteiger partial charge in [0.25, 0.3) is 0 Å². The number of rotatable bonds is 5. The van der Waals surface area contributed by atoms with Gasteiger partial charge in [-0.15, -0.1) is 0 Å². The molecule has 1 amide bonds. The van der Waals surface area contributed by atoms with Crippen LogP contribution in [-0.2, 0) is 13.1 Å². The van der Waals surface area contributed by atoms with E-state index in [1.165, 1.54) is 0 Å². The third-order valence-electron chi connectivity index (χ3n) is 3.08. The van der Waals surface area contributed by atoms with Gasteiger partial charge in [0, 0.05) is 17.8 Å². The highest BCUT2D eigenvalue weighted by atomic mass is 79.9. The van der Waals surface area contributed by atoms with E-state index in [1.807, 2.05) is 23.7 Å². The molecule has 1 heterocycles. The van der Waals surface area contributed by atoms with E-state index >= 15 is 0 Å². The van der Waals surface area contributed by atoms with Gasteiger partial charge in [0.05, 0.1) is 22.4 Å². The molecule has 0 radical (unpaired) electrons. The first-order valence-electron chi connectivity index (χ1n) is 6.38. The number of anilines is 1. The van der Waals surface area contributed by atoms with Gasteiger partial charge in [-0.2, -0.15) is 5.10 Å². The van der Waals surface area contributed by atoms with Gasteiger partial charge in [-0.05, 0) is 54.0 Å². The number of halogens is 1. The Balaban J connectivity index is 2.10. The first kappa shape index (κ1) is 14.6. The molecule has 0 atom stereocenters. The molecule has 20 heavy (non-hydrogen) atoms. The smallest absolute Gasteiger partial charge is 0.248 e. The molecule has 6 heteroatoms. The Morgan fingerprint density at radius 1 is 1.40 bits per heavy atom. The molecule has 0 bridgehead atoms. The maximum Gasteiger partial charge on any atom is 0.248 e. The van der Waals surface area contributed by atoms with Crippen molar-refractivity contribution < 1.29 is 4.79 Å². The maximum absolute atomic E-state index is 11.0. The molecular weight excluding hydrogens is 320 g/mol. The molecule has 106 valence electrons. The first-order valence-corrected chi connectivity index (χ1v) is 7.17. The van der Waals surface area contributed by atoms with E-state index in [4.69, 9.17) is 5.73 Å². The summed E-state index contributed by atoms with van der Waals surface area (Å²) in [5.41, 5.74) is 8.73. The number of primary amides is 1. The van der Waals surface area contributed by atoms with Gasteiger partial charge in [-0.25, -0.2) is 0 Å². The molecule has 0 aliphatic rings. The molecule has 0 saturated heterocycles. The van der Waals surface area contributed by atoms with Crippen LogP contribution in [0.2, 0.25) is 0 Å². The molecule has 2 rings (SSSR count). The van der Waals surface area contributed by atoms with Crippen molar-refractivity contribution in [2.45, 2.75) is 26.9 Å². The predicted octanol–water partition coefficient (Wildman–Crippen LogP) is 2.68. The highest BCUT2D eigenvalue weighted by Gasteiger charge is 2.11. The minimum absolute atomic E-state index is 0.418. The van der Waals surface area contributed by atoms with Crippen LogP contribution in [0.4, 0.5) is 5.69 Å². The molecule has 0 aliphatic heterocycles. The third-order valence-corrected chi connectivity index (χ3v) is 4.11. The van der Waals surface area contributed by atoms with Gasteiger partial charge < -0.3 is 11.1 Å². The van der Waals surface area contributed by atoms with Gasteiger partial charge in [0.1, 0.15) is 0 Å². The number of nitrogens with zero attached hydrogens (tertiary/aromatic N) is 2. The summed E-state index contributed by atoms with van der Waals surface area (Å²) >= 11 is 3.56. The van der Waals surface area contributed by atoms with Crippen molar-refractivity contribution in [3.8, 4) is 0 Å². The quantitative estimate of drug-likeness (QED) is 0.881. The summed E-state index contributed by atoms with van der Waals surface area (Å²) in [7, 11) is 0. The van der Waals surface area contributed by atoms with Crippen LogP contribution in [0, 0.1) is 6.92 Å². The third kappa shape index (κ3) is 3.01. The Morgan fingerprint density at radius 3 is 2.60 bits per heavy atom. The number of nitrogens with two attached hydrogens (primary N) is 1. The lowest BCUT2D eigenvalue weighted by atomic mass is 10.2. The lowest BCUT2D eigenvalue weighted by Crippen LogP contribution is -2.11. The largest absolute Gasteiger partial charge is 0.379 e. The predicted molar refractivity (Wildman–Crippen MR) is 82.6 cm³/mol. The second-order valence-electron chi connectivity index (χ2n) is 4.46. The minimum Gasteiger partial charge on any atom is -0.379 e. The van der Waals surface area contributed by atoms with E-state index in [0.717, 1.165) is 28.1 Å². The SMILES string of the molecule is CCn1nc(C)c(Br)c1CNc1ccc(C(N)=O)cc1. The fourth-order valence-electron chi connectivity index (χ4n) is 1.98. The van der Waals surface area contributed by atoms with Crippen LogP contribution >= 0.6 is 15.9 Å². The van der Waals surface area contributed by atoms with Crippen LogP contribution in [-0.4, -0.2) is 15.7 Å². The van der Waals surface area contributed by atoms with Gasteiger partial charge >= 0.3 is 0 Å². The molecule has 0 spiro atoms. The number of amides is 1. The fourth-order valence-corrected chi connectivity index (χ4v) is 2.40. The van der Waals surface area contributed by atoms with Crippen molar-refractivity contribution in [3.05, 3.63) is 45.7 Å². The van der Waals surface area contributed by atoms with Gasteiger partial charge in [-0.1, -0.05) is 0 Å². The molecule has 2 aromatic rings. The number of carbonyl (C=O) groups is 1. The average Bonchev–Trinajstić information content (AvgIpc) is 2.72. The van der Waals surface area contributed by atoms with Crippen LogP contribution < -0.4 is 11.1 Å². The van der Waals surface area contributed by atoms with Crippen molar-refractivity contribution >= 4 is 27.5 Å². The van der Waals surface area contributed by atoms with Crippen LogP contribution in [0.5, 0.6) is 0 Å². The molecule has 3 N–H and O–H groups in total. The standard InChI is InChI=1S/C14H17BrN4O/c1-3-19-12(13(15)9(2)18-19)8-17-11-6-4-10(5-7-11)14(16)20/h4-7,17H,3,8H2,1-2H3,(H2,16,20). The molecule has 1 aromatic heterocycles. The van der Waals surface area contributed by atoms with Gasteiger partial charge in [0.15, 0.2) is 0 Å². The van der Waals surface area contributed by atoms with E-state index in [0.29, 0.717) is 12.1 Å². The van der Waals surface area contributed by atoms with Crippen molar-refractivity contribution in [2.75, 3.05) is 5.32 Å². The van der Waals surface area contributed by atoms with Crippen molar-refractivity contribution in [3.63, 3.8) is 0 Å². The normalized spacial score (nSPS) is 10.6. The number of benzene rings is 1. The summed E-state index contributed by atoms with van der Waals surface area (Å²) in [6.45, 7) is 5.51. The van der Waals surface area contributed by atoms with Crippen LogP contribution in [0.1, 0.15) is 28.7 Å². The summed E-state index contributed by atoms with van der Waals surface area (Å²) in [4.78, 5) is 11.0. The van der Waals surface area contributed by atoms with Gasteiger partial charge in [0.2, 0.25) is 5.91 Å². The van der Waals surface area contributed by atoms with E-state index in [9.17, 15) is 4.79 Å². The minimum atomic E-state index is -0.418. The first-order chi connectivity index (χ1) is 9.52. The Bertz CT molecular complexity index is 619. The number of hydrogen-bond donors (Lipinski definition) is 2. The summed E-state index contributed by atoms with van der Waals surface area (Å²) in [6, 6.07) is 7.10. The fraction of sp³-hybridized carbons (Fsp3) is 0.286. The molecule has 0 unspecified atom stereocenters. The number of aromatic nitrogens is 2. The van der Waals surface area contributed by atoms with Crippen molar-refractivity contribution in [2.24, 2.45) is 5.73 Å². The highest BCUT2D eigenvalue weighted by molar-refractivity contribution is 9.10. The zero-order chi connectivity index (χ0) is 14.7. The Hall–Kier alpha value is -1.82. The molecule has 0 aliphatic carbocycles. The maximum atomic E-state index is 11.0. The lowest BCUT2D eigenvalue weighted by molar-refractivity contribution is 0.100. The molecule has 1 aromatic carbocycles. The molecule has 0 saturated carbocycles. The summed E-state index contributed by atoms with van der Waals surface area (Å²) in [6.07, 6.45) is 0. The summed E-state index contributed by atoms with van der Waals surface area (Å²) in [5.74, 6) is -0.418. The number of carbonyl (C=O) groups excluding carboxylic acids is 1.